The standard InChI is InChI=1S/C61H72F3N11O8S/c1-37(2)56(52-27-38(3)70-83-52)60(82)75-35-45(76)30-51(75)59(81)68-48(41-12-14-42(15-13-41)57-39(4)67-36-84-57)32-54(78)65-18-7-6-11-55(79)74-25-21-72(22-26-74)34-40-9-8-10-43(28-40)44-16-17-50(73-23-19-71(5)20-24-73)49(29-44)69-58(80)46-33-66-53(77)31-47(46)61(62,63)64/h8-10,12-17,27-29,31,33,36-37,45,48,51,56,76H,6-7,11,18-26,30,32,34-35H2,1-5H3,(H,65,78)(H,66,77)(H,68,81)(H,69,80)/t45-,48+,51+,56-/m1/s1. The highest BCUT2D eigenvalue weighted by Gasteiger charge is 2.44. The number of H-pyrrole nitrogens is 1. The zero-order valence-electron chi connectivity index (χ0n) is 47.8. The van der Waals surface area contributed by atoms with Crippen LogP contribution in [0.15, 0.2) is 99.9 Å². The van der Waals surface area contributed by atoms with E-state index in [0.29, 0.717) is 106 Å². The number of rotatable bonds is 20. The Morgan fingerprint density at radius 2 is 1.61 bits per heavy atom. The van der Waals surface area contributed by atoms with Gasteiger partial charge in [-0.15, -0.1) is 11.3 Å². The molecule has 0 unspecified atom stereocenters. The number of halogens is 3. The molecule has 6 aromatic rings. The van der Waals surface area contributed by atoms with Crippen molar-refractivity contribution in [2.75, 3.05) is 82.7 Å². The van der Waals surface area contributed by atoms with Gasteiger partial charge in [-0.3, -0.25) is 33.7 Å². The number of aromatic nitrogens is 3. The Kier molecular flexibility index (Phi) is 19.5. The van der Waals surface area contributed by atoms with Crippen LogP contribution in [0.1, 0.15) is 102 Å². The van der Waals surface area contributed by atoms with Gasteiger partial charge >= 0.3 is 6.18 Å². The van der Waals surface area contributed by atoms with Gasteiger partial charge in [-0.1, -0.05) is 67.5 Å². The van der Waals surface area contributed by atoms with Crippen LogP contribution >= 0.6 is 11.3 Å². The lowest BCUT2D eigenvalue weighted by molar-refractivity contribution is -0.141. The van der Waals surface area contributed by atoms with Crippen LogP contribution in [0.4, 0.5) is 24.5 Å². The summed E-state index contributed by atoms with van der Waals surface area (Å²) >= 11 is 1.51. The Morgan fingerprint density at radius 3 is 2.29 bits per heavy atom. The van der Waals surface area contributed by atoms with E-state index in [2.05, 4.69) is 45.8 Å². The number of alkyl halides is 3. The number of carbonyl (C=O) groups excluding carboxylic acids is 5. The largest absolute Gasteiger partial charge is 0.417 e. The van der Waals surface area contributed by atoms with Crippen LogP contribution < -0.4 is 26.4 Å². The molecular weight excluding hydrogens is 1100 g/mol. The van der Waals surface area contributed by atoms with E-state index < -0.39 is 58.8 Å². The molecule has 5 amide bonds. The number of aryl methyl sites for hydroxylation is 2. The molecule has 3 aliphatic rings. The first-order valence-electron chi connectivity index (χ1n) is 28.5. The maximum absolute atomic E-state index is 14.2. The van der Waals surface area contributed by atoms with Gasteiger partial charge in [0.15, 0.2) is 0 Å². The summed E-state index contributed by atoms with van der Waals surface area (Å²) in [6.07, 6.45) is -3.73. The number of aliphatic hydroxyl groups excluding tert-OH is 1. The van der Waals surface area contributed by atoms with Crippen molar-refractivity contribution in [2.45, 2.75) is 96.6 Å². The topological polar surface area (TPSA) is 230 Å². The number of carbonyl (C=O) groups is 5. The lowest BCUT2D eigenvalue weighted by Crippen LogP contribution is -2.49. The van der Waals surface area contributed by atoms with Crippen molar-refractivity contribution in [3.63, 3.8) is 0 Å². The number of piperazine rings is 2. The Morgan fingerprint density at radius 1 is 0.881 bits per heavy atom. The van der Waals surface area contributed by atoms with Gasteiger partial charge in [-0.05, 0) is 85.7 Å². The number of aromatic amines is 1. The van der Waals surface area contributed by atoms with Crippen LogP contribution in [0, 0.1) is 19.8 Å². The van der Waals surface area contributed by atoms with Crippen molar-refractivity contribution in [1.29, 1.82) is 0 Å². The predicted molar refractivity (Wildman–Crippen MR) is 313 cm³/mol. The maximum atomic E-state index is 14.2. The summed E-state index contributed by atoms with van der Waals surface area (Å²) in [4.78, 5) is 98.3. The van der Waals surface area contributed by atoms with Gasteiger partial charge in [0, 0.05) is 103 Å². The first-order valence-corrected chi connectivity index (χ1v) is 29.3. The SMILES string of the molecule is Cc1cc([C@H](C(=O)N2C[C@H](O)C[C@H]2C(=O)N[C@@H](CC(=O)NCCCCC(=O)N2CCN(Cc3cccc(-c4ccc(N5CCN(C)CC5)c(NC(=O)c5c[nH]c(=O)cc5C(F)(F)F)c4)c3)CC2)c2ccc(-c3scnc3C)cc2)C(C)C)on1. The first-order chi connectivity index (χ1) is 40.2. The Bertz CT molecular complexity index is 3370. The van der Waals surface area contributed by atoms with E-state index in [9.17, 15) is 47.0 Å². The Labute approximate surface area is 489 Å². The molecule has 0 aliphatic carbocycles. The summed E-state index contributed by atoms with van der Waals surface area (Å²) < 4.78 is 47.5. The number of unbranched alkanes of at least 4 members (excludes halogenated alkanes) is 1. The zero-order chi connectivity index (χ0) is 59.8. The molecule has 19 nitrogen and oxygen atoms in total. The highest BCUT2D eigenvalue weighted by Crippen LogP contribution is 2.37. The van der Waals surface area contributed by atoms with Crippen molar-refractivity contribution >= 4 is 52.2 Å². The van der Waals surface area contributed by atoms with Crippen LogP contribution in [0.25, 0.3) is 21.6 Å². The average molecular weight is 1180 g/mol. The van der Waals surface area contributed by atoms with Gasteiger partial charge in [0.1, 0.15) is 17.7 Å². The van der Waals surface area contributed by atoms with E-state index in [1.165, 1.54) is 16.2 Å². The minimum Gasteiger partial charge on any atom is -0.391 e. The number of benzene rings is 3. The van der Waals surface area contributed by atoms with Crippen molar-refractivity contribution < 1.29 is 46.8 Å². The summed E-state index contributed by atoms with van der Waals surface area (Å²) in [5.41, 5.74) is 5.53. The summed E-state index contributed by atoms with van der Waals surface area (Å²) in [5, 5.41) is 23.5. The molecule has 446 valence electrons. The molecule has 6 heterocycles. The smallest absolute Gasteiger partial charge is 0.391 e. The predicted octanol–water partition coefficient (Wildman–Crippen LogP) is 7.37. The van der Waals surface area contributed by atoms with Crippen molar-refractivity contribution in [3.8, 4) is 21.6 Å². The fourth-order valence-electron chi connectivity index (χ4n) is 11.2. The van der Waals surface area contributed by atoms with Crippen molar-refractivity contribution in [1.82, 2.24) is 45.4 Å². The number of hydrogen-bond donors (Lipinski definition) is 5. The summed E-state index contributed by atoms with van der Waals surface area (Å²) in [7, 11) is 2.01. The third-order valence-corrected chi connectivity index (χ3v) is 16.8. The number of pyridine rings is 1. The molecule has 3 saturated heterocycles. The Hall–Kier alpha value is -7.73. The summed E-state index contributed by atoms with van der Waals surface area (Å²) in [6, 6.07) is 21.4. The summed E-state index contributed by atoms with van der Waals surface area (Å²) in [6.45, 7) is 13.5. The van der Waals surface area contributed by atoms with E-state index in [-0.39, 0.29) is 43.0 Å². The molecule has 0 radical (unpaired) electrons. The second-order valence-corrected chi connectivity index (χ2v) is 23.3. The number of nitrogens with one attached hydrogen (secondary N) is 4. The van der Waals surface area contributed by atoms with Crippen LogP contribution in [-0.4, -0.2) is 154 Å². The van der Waals surface area contributed by atoms with Crippen LogP contribution in [0.3, 0.4) is 0 Å². The van der Waals surface area contributed by atoms with Gasteiger partial charge in [0.05, 0.1) is 62.8 Å². The lowest BCUT2D eigenvalue weighted by atomic mass is 9.91. The van der Waals surface area contributed by atoms with Gasteiger partial charge in [0.25, 0.3) is 5.91 Å². The number of likely N-dealkylation sites (tertiary alicyclic amines) is 1. The number of anilines is 2. The number of amides is 5. The maximum Gasteiger partial charge on any atom is 0.417 e. The number of likely N-dealkylation sites (N-methyl/N-ethyl adjacent to an activating group) is 1. The van der Waals surface area contributed by atoms with E-state index >= 15 is 0 Å². The molecular formula is C61H72F3N11O8S. The number of hydrogen-bond acceptors (Lipinski definition) is 14. The van der Waals surface area contributed by atoms with Gasteiger partial charge in [0.2, 0.25) is 29.2 Å². The minimum absolute atomic E-state index is 0.0275. The molecule has 3 aromatic heterocycles. The molecule has 0 saturated carbocycles. The van der Waals surface area contributed by atoms with E-state index in [1.54, 1.807) is 24.6 Å². The van der Waals surface area contributed by atoms with Crippen LogP contribution in [0.5, 0.6) is 0 Å². The molecule has 3 fully saturated rings. The highest BCUT2D eigenvalue weighted by atomic mass is 32.1. The number of β-amino-alcohol motifs (C(OH)–C–C–N with tert-alkyl or cyclic N) is 1. The molecule has 5 N–H and O–H groups in total. The third-order valence-electron chi connectivity index (χ3n) is 15.9. The van der Waals surface area contributed by atoms with E-state index in [0.717, 1.165) is 52.1 Å². The zero-order valence-corrected chi connectivity index (χ0v) is 48.7. The number of aliphatic hydroxyl groups is 1. The number of thiazole rings is 1. The highest BCUT2D eigenvalue weighted by molar-refractivity contribution is 7.13. The van der Waals surface area contributed by atoms with Crippen molar-refractivity contribution in [2.24, 2.45) is 5.92 Å². The average Bonchev–Trinajstić information content (AvgIpc) is 3.58. The Balaban J connectivity index is 0.769. The molecule has 84 heavy (non-hydrogen) atoms. The quantitative estimate of drug-likeness (QED) is 0.0471. The molecule has 23 heteroatoms. The molecule has 3 aliphatic heterocycles. The second kappa shape index (κ2) is 26.9. The fourth-order valence-corrected chi connectivity index (χ4v) is 12.1. The van der Waals surface area contributed by atoms with Gasteiger partial charge < -0.3 is 50.2 Å². The summed E-state index contributed by atoms with van der Waals surface area (Å²) in [5.74, 6) is -2.66. The van der Waals surface area contributed by atoms with Gasteiger partial charge in [-0.25, -0.2) is 4.98 Å². The molecule has 9 rings (SSSR count). The monoisotopic (exact) mass is 1180 g/mol. The normalized spacial score (nSPS) is 17.8. The second-order valence-electron chi connectivity index (χ2n) is 22.4. The van der Waals surface area contributed by atoms with E-state index in [1.807, 2.05) is 93.4 Å². The number of nitrogens with zero attached hydrogens (tertiary/aromatic N) is 7. The van der Waals surface area contributed by atoms with Crippen LogP contribution in [-0.2, 0) is 31.9 Å². The minimum atomic E-state index is -4.93. The van der Waals surface area contributed by atoms with Crippen molar-refractivity contribution in [3.05, 3.63) is 140 Å². The third kappa shape index (κ3) is 15.0. The molecule has 0 spiro atoms. The molecule has 3 aromatic carbocycles. The molecule has 0 bridgehead atoms. The fraction of sp³-hybridized carbons (Fsp3) is 0.443. The first kappa shape index (κ1) is 60.8. The van der Waals surface area contributed by atoms with E-state index in [4.69, 9.17) is 4.52 Å². The lowest BCUT2D eigenvalue weighted by Gasteiger charge is -2.35. The van der Waals surface area contributed by atoms with Crippen LogP contribution in [0.2, 0.25) is 0 Å². The van der Waals surface area contributed by atoms with Gasteiger partial charge in [-0.2, -0.15) is 13.2 Å². The molecule has 4 atom stereocenters.